The molecule has 3 rings (SSSR count). The molecule has 3 aromatic rings. The average molecular weight is 323 g/mol. The zero-order valence-electron chi connectivity index (χ0n) is 14.0. The summed E-state index contributed by atoms with van der Waals surface area (Å²) in [4.78, 5) is 17.2. The monoisotopic (exact) mass is 323 g/mol. The van der Waals surface area contributed by atoms with Gasteiger partial charge >= 0.3 is 0 Å². The molecule has 5 heteroatoms. The van der Waals surface area contributed by atoms with Gasteiger partial charge in [-0.05, 0) is 37.6 Å². The number of para-hydroxylation sites is 2. The molecule has 124 valence electrons. The number of nitrogens with one attached hydrogen (secondary N) is 1. The SMILES string of the molecule is CCCn1cc(C(=O)Nc2ccccc2OCC)c2cccnc21. The third-order valence-corrected chi connectivity index (χ3v) is 3.78. The quantitative estimate of drug-likeness (QED) is 0.743. The van der Waals surface area contributed by atoms with Crippen molar-refractivity contribution in [1.82, 2.24) is 9.55 Å². The van der Waals surface area contributed by atoms with Crippen LogP contribution in [0.1, 0.15) is 30.6 Å². The summed E-state index contributed by atoms with van der Waals surface area (Å²) in [5.41, 5.74) is 2.13. The Labute approximate surface area is 141 Å². The molecular formula is C19H21N3O2. The van der Waals surface area contributed by atoms with E-state index in [-0.39, 0.29) is 5.91 Å². The zero-order valence-corrected chi connectivity index (χ0v) is 14.0. The van der Waals surface area contributed by atoms with E-state index in [1.165, 1.54) is 0 Å². The summed E-state index contributed by atoms with van der Waals surface area (Å²) in [5.74, 6) is 0.513. The predicted molar refractivity (Wildman–Crippen MR) is 95.6 cm³/mol. The first-order valence-electron chi connectivity index (χ1n) is 8.21. The normalized spacial score (nSPS) is 10.8. The van der Waals surface area contributed by atoms with E-state index in [2.05, 4.69) is 17.2 Å². The number of fused-ring (bicyclic) bond motifs is 1. The number of carbonyl (C=O) groups is 1. The van der Waals surface area contributed by atoms with Crippen molar-refractivity contribution in [3.05, 3.63) is 54.4 Å². The van der Waals surface area contributed by atoms with Crippen molar-refractivity contribution in [2.45, 2.75) is 26.8 Å². The highest BCUT2D eigenvalue weighted by atomic mass is 16.5. The Bertz CT molecular complexity index is 855. The van der Waals surface area contributed by atoms with Crippen molar-refractivity contribution in [2.75, 3.05) is 11.9 Å². The van der Waals surface area contributed by atoms with Crippen molar-refractivity contribution >= 4 is 22.6 Å². The van der Waals surface area contributed by atoms with Crippen molar-refractivity contribution in [3.63, 3.8) is 0 Å². The number of ether oxygens (including phenoxy) is 1. The maximum Gasteiger partial charge on any atom is 0.258 e. The highest BCUT2D eigenvalue weighted by Gasteiger charge is 2.17. The number of pyridine rings is 1. The first kappa shape index (κ1) is 16.1. The van der Waals surface area contributed by atoms with Gasteiger partial charge in [-0.1, -0.05) is 19.1 Å². The molecule has 1 amide bonds. The van der Waals surface area contributed by atoms with Gasteiger partial charge in [0.25, 0.3) is 5.91 Å². The number of carbonyl (C=O) groups excluding carboxylic acids is 1. The van der Waals surface area contributed by atoms with Gasteiger partial charge < -0.3 is 14.6 Å². The lowest BCUT2D eigenvalue weighted by molar-refractivity contribution is 0.102. The molecule has 0 aliphatic carbocycles. The molecule has 0 spiro atoms. The molecule has 0 aliphatic rings. The maximum absolute atomic E-state index is 12.8. The molecule has 2 heterocycles. The van der Waals surface area contributed by atoms with Gasteiger partial charge in [0.1, 0.15) is 11.4 Å². The summed E-state index contributed by atoms with van der Waals surface area (Å²) in [5, 5.41) is 3.81. The summed E-state index contributed by atoms with van der Waals surface area (Å²) in [6.07, 6.45) is 4.61. The molecule has 0 bridgehead atoms. The third-order valence-electron chi connectivity index (χ3n) is 3.78. The minimum absolute atomic E-state index is 0.157. The molecule has 0 unspecified atom stereocenters. The van der Waals surface area contributed by atoms with Crippen LogP contribution >= 0.6 is 0 Å². The summed E-state index contributed by atoms with van der Waals surface area (Å²) in [7, 11) is 0. The van der Waals surface area contributed by atoms with Crippen molar-refractivity contribution < 1.29 is 9.53 Å². The van der Waals surface area contributed by atoms with Gasteiger partial charge in [0.15, 0.2) is 0 Å². The van der Waals surface area contributed by atoms with Crippen LogP contribution in [0.5, 0.6) is 5.75 Å². The van der Waals surface area contributed by atoms with E-state index in [0.717, 1.165) is 24.0 Å². The Morgan fingerprint density at radius 2 is 2.04 bits per heavy atom. The number of hydrogen-bond donors (Lipinski definition) is 1. The van der Waals surface area contributed by atoms with Gasteiger partial charge in [0.05, 0.1) is 17.9 Å². The molecule has 1 aromatic carbocycles. The number of nitrogens with zero attached hydrogens (tertiary/aromatic N) is 2. The summed E-state index contributed by atoms with van der Waals surface area (Å²) >= 11 is 0. The highest BCUT2D eigenvalue weighted by Crippen LogP contribution is 2.26. The average Bonchev–Trinajstić information content (AvgIpc) is 2.96. The molecule has 5 nitrogen and oxygen atoms in total. The highest BCUT2D eigenvalue weighted by molar-refractivity contribution is 6.12. The molecule has 0 radical (unpaired) electrons. The smallest absolute Gasteiger partial charge is 0.258 e. The predicted octanol–water partition coefficient (Wildman–Crippen LogP) is 4.10. The van der Waals surface area contributed by atoms with Crippen molar-refractivity contribution in [1.29, 1.82) is 0 Å². The summed E-state index contributed by atoms with van der Waals surface area (Å²) in [6.45, 7) is 5.40. The van der Waals surface area contributed by atoms with Gasteiger partial charge in [0, 0.05) is 24.3 Å². The van der Waals surface area contributed by atoms with Gasteiger partial charge in [-0.15, -0.1) is 0 Å². The van der Waals surface area contributed by atoms with Crippen LogP contribution in [0, 0.1) is 0 Å². The standard InChI is InChI=1S/C19H21N3O2/c1-3-12-22-13-15(14-8-7-11-20-18(14)22)19(23)21-16-9-5-6-10-17(16)24-4-2/h5-11,13H,3-4,12H2,1-2H3,(H,21,23). The molecule has 24 heavy (non-hydrogen) atoms. The van der Waals surface area contributed by atoms with Crippen LogP contribution in [0.25, 0.3) is 11.0 Å². The zero-order chi connectivity index (χ0) is 16.9. The third kappa shape index (κ3) is 3.11. The van der Waals surface area contributed by atoms with E-state index in [1.54, 1.807) is 6.20 Å². The van der Waals surface area contributed by atoms with Crippen LogP contribution in [-0.4, -0.2) is 22.1 Å². The second-order valence-corrected chi connectivity index (χ2v) is 5.49. The Balaban J connectivity index is 1.95. The summed E-state index contributed by atoms with van der Waals surface area (Å²) in [6, 6.07) is 11.2. The molecule has 2 aromatic heterocycles. The maximum atomic E-state index is 12.8. The van der Waals surface area contributed by atoms with Crippen molar-refractivity contribution in [3.8, 4) is 5.75 Å². The molecule has 0 atom stereocenters. The Morgan fingerprint density at radius 1 is 1.21 bits per heavy atom. The molecule has 1 N–H and O–H groups in total. The Kier molecular flexibility index (Phi) is 4.79. The van der Waals surface area contributed by atoms with E-state index in [9.17, 15) is 4.79 Å². The second-order valence-electron chi connectivity index (χ2n) is 5.49. The number of amides is 1. The molecule has 0 saturated carbocycles. The molecule has 0 aliphatic heterocycles. The van der Waals surface area contributed by atoms with Crippen LogP contribution in [0.4, 0.5) is 5.69 Å². The van der Waals surface area contributed by atoms with Crippen molar-refractivity contribution in [2.24, 2.45) is 0 Å². The van der Waals surface area contributed by atoms with Crippen LogP contribution in [0.2, 0.25) is 0 Å². The van der Waals surface area contributed by atoms with Gasteiger partial charge in [-0.3, -0.25) is 4.79 Å². The minimum atomic E-state index is -0.157. The molecular weight excluding hydrogens is 302 g/mol. The number of hydrogen-bond acceptors (Lipinski definition) is 3. The van der Waals surface area contributed by atoms with Crippen LogP contribution in [-0.2, 0) is 6.54 Å². The second kappa shape index (κ2) is 7.17. The van der Waals surface area contributed by atoms with Crippen LogP contribution < -0.4 is 10.1 Å². The Morgan fingerprint density at radius 3 is 2.83 bits per heavy atom. The number of rotatable bonds is 6. The number of aromatic nitrogens is 2. The molecule has 0 saturated heterocycles. The van der Waals surface area contributed by atoms with E-state index < -0.39 is 0 Å². The van der Waals surface area contributed by atoms with Crippen LogP contribution in [0.3, 0.4) is 0 Å². The topological polar surface area (TPSA) is 56.2 Å². The van der Waals surface area contributed by atoms with E-state index in [4.69, 9.17) is 4.74 Å². The number of anilines is 1. The van der Waals surface area contributed by atoms with Gasteiger partial charge in [0.2, 0.25) is 0 Å². The van der Waals surface area contributed by atoms with E-state index in [1.807, 2.05) is 54.1 Å². The molecule has 0 fully saturated rings. The fourth-order valence-electron chi connectivity index (χ4n) is 2.76. The Hall–Kier alpha value is -2.82. The summed E-state index contributed by atoms with van der Waals surface area (Å²) < 4.78 is 7.60. The largest absolute Gasteiger partial charge is 0.492 e. The number of aryl methyl sites for hydroxylation is 1. The minimum Gasteiger partial charge on any atom is -0.492 e. The van der Waals surface area contributed by atoms with Gasteiger partial charge in [-0.2, -0.15) is 0 Å². The van der Waals surface area contributed by atoms with Gasteiger partial charge in [-0.25, -0.2) is 4.98 Å². The fraction of sp³-hybridized carbons (Fsp3) is 0.263. The number of benzene rings is 1. The fourth-order valence-corrected chi connectivity index (χ4v) is 2.76. The first-order chi connectivity index (χ1) is 11.7. The first-order valence-corrected chi connectivity index (χ1v) is 8.21. The lowest BCUT2D eigenvalue weighted by Crippen LogP contribution is -2.12. The lowest BCUT2D eigenvalue weighted by Gasteiger charge is -2.10. The van der Waals surface area contributed by atoms with Crippen LogP contribution in [0.15, 0.2) is 48.8 Å². The van der Waals surface area contributed by atoms with E-state index in [0.29, 0.717) is 23.6 Å². The lowest BCUT2D eigenvalue weighted by atomic mass is 10.2. The van der Waals surface area contributed by atoms with E-state index >= 15 is 0 Å².